The van der Waals surface area contributed by atoms with Crippen molar-refractivity contribution in [3.05, 3.63) is 40.9 Å². The van der Waals surface area contributed by atoms with Crippen molar-refractivity contribution >= 4 is 26.7 Å². The quantitative estimate of drug-likeness (QED) is 0.796. The van der Waals surface area contributed by atoms with Crippen LogP contribution in [0.4, 0.5) is 8.78 Å². The number of rotatable bonds is 2. The lowest BCUT2D eigenvalue weighted by atomic mass is 10.1. The van der Waals surface area contributed by atoms with Gasteiger partial charge in [-0.2, -0.15) is 8.78 Å². The third-order valence-electron chi connectivity index (χ3n) is 2.04. The first kappa shape index (κ1) is 10.4. The van der Waals surface area contributed by atoms with Gasteiger partial charge in [0.25, 0.3) is 0 Å². The summed E-state index contributed by atoms with van der Waals surface area (Å²) in [5, 5.41) is 1.53. The van der Waals surface area contributed by atoms with Crippen LogP contribution in [0.25, 0.3) is 10.8 Å². The Balaban J connectivity index is 2.61. The normalized spacial score (nSPS) is 10.9. The molecule has 1 nitrogen and oxygen atoms in total. The standard InChI is InChI=1S/C11H7BrF2O/c12-9-5-1-4-8-7(9)3-2-6-10(8)15-11(13)14/h1-6,11H. The predicted molar refractivity (Wildman–Crippen MR) is 58.3 cm³/mol. The Morgan fingerprint density at radius 1 is 1.00 bits per heavy atom. The van der Waals surface area contributed by atoms with Gasteiger partial charge in [-0.25, -0.2) is 0 Å². The molecule has 0 spiro atoms. The first-order valence-electron chi connectivity index (χ1n) is 4.30. The summed E-state index contributed by atoms with van der Waals surface area (Å²) in [5.41, 5.74) is 0. The van der Waals surface area contributed by atoms with E-state index in [2.05, 4.69) is 20.7 Å². The molecule has 2 aromatic carbocycles. The molecule has 0 N–H and O–H groups in total. The largest absolute Gasteiger partial charge is 0.434 e. The monoisotopic (exact) mass is 272 g/mol. The van der Waals surface area contributed by atoms with E-state index in [1.165, 1.54) is 6.07 Å². The van der Waals surface area contributed by atoms with E-state index in [1.54, 1.807) is 18.2 Å². The molecule has 0 aliphatic heterocycles. The second kappa shape index (κ2) is 4.14. The minimum Gasteiger partial charge on any atom is -0.434 e. The Labute approximate surface area is 93.8 Å². The number of ether oxygens (including phenoxy) is 1. The molecule has 0 atom stereocenters. The summed E-state index contributed by atoms with van der Waals surface area (Å²) in [6.45, 7) is -2.80. The molecule has 0 aliphatic rings. The van der Waals surface area contributed by atoms with Gasteiger partial charge in [0.05, 0.1) is 0 Å². The summed E-state index contributed by atoms with van der Waals surface area (Å²) in [5.74, 6) is 0.198. The van der Waals surface area contributed by atoms with Crippen molar-refractivity contribution in [3.8, 4) is 5.75 Å². The van der Waals surface area contributed by atoms with Crippen LogP contribution in [0.1, 0.15) is 0 Å². The highest BCUT2D eigenvalue weighted by molar-refractivity contribution is 9.10. The molecule has 0 amide bonds. The molecule has 78 valence electrons. The van der Waals surface area contributed by atoms with E-state index in [4.69, 9.17) is 0 Å². The number of alkyl halides is 2. The second-order valence-corrected chi connectivity index (χ2v) is 3.82. The van der Waals surface area contributed by atoms with E-state index in [-0.39, 0.29) is 5.75 Å². The third kappa shape index (κ3) is 2.09. The fourth-order valence-electron chi connectivity index (χ4n) is 1.44. The summed E-state index contributed by atoms with van der Waals surface area (Å²) in [7, 11) is 0. The van der Waals surface area contributed by atoms with Crippen molar-refractivity contribution in [3.63, 3.8) is 0 Å². The number of fused-ring (bicyclic) bond motifs is 1. The summed E-state index contributed by atoms with van der Waals surface area (Å²) in [4.78, 5) is 0. The lowest BCUT2D eigenvalue weighted by Crippen LogP contribution is -2.02. The lowest BCUT2D eigenvalue weighted by Gasteiger charge is -2.08. The molecule has 0 radical (unpaired) electrons. The topological polar surface area (TPSA) is 9.23 Å². The van der Waals surface area contributed by atoms with Crippen molar-refractivity contribution in [1.82, 2.24) is 0 Å². The van der Waals surface area contributed by atoms with Crippen molar-refractivity contribution in [2.24, 2.45) is 0 Å². The van der Waals surface area contributed by atoms with Crippen LogP contribution in [0.2, 0.25) is 0 Å². The summed E-state index contributed by atoms with van der Waals surface area (Å²) < 4.78 is 29.5. The Bertz CT molecular complexity index is 485. The molecule has 2 aromatic rings. The molecule has 0 saturated heterocycles. The first-order valence-corrected chi connectivity index (χ1v) is 5.10. The van der Waals surface area contributed by atoms with E-state index in [0.717, 1.165) is 9.86 Å². The van der Waals surface area contributed by atoms with E-state index < -0.39 is 6.61 Å². The third-order valence-corrected chi connectivity index (χ3v) is 2.74. The number of hydrogen-bond acceptors (Lipinski definition) is 1. The highest BCUT2D eigenvalue weighted by Crippen LogP contribution is 2.31. The van der Waals surface area contributed by atoms with Gasteiger partial charge in [0.2, 0.25) is 0 Å². The van der Waals surface area contributed by atoms with E-state index in [1.807, 2.05) is 12.1 Å². The summed E-state index contributed by atoms with van der Waals surface area (Å²) in [6, 6.07) is 10.4. The van der Waals surface area contributed by atoms with Crippen molar-refractivity contribution < 1.29 is 13.5 Å². The highest BCUT2D eigenvalue weighted by Gasteiger charge is 2.08. The molecule has 0 aliphatic carbocycles. The van der Waals surface area contributed by atoms with Gasteiger partial charge in [0, 0.05) is 9.86 Å². The predicted octanol–water partition coefficient (Wildman–Crippen LogP) is 4.20. The minimum absolute atomic E-state index is 0.198. The molecule has 0 aromatic heterocycles. The Morgan fingerprint density at radius 3 is 2.40 bits per heavy atom. The average molecular weight is 273 g/mol. The van der Waals surface area contributed by atoms with Gasteiger partial charge in [-0.3, -0.25) is 0 Å². The number of hydrogen-bond donors (Lipinski definition) is 0. The molecule has 0 saturated carbocycles. The zero-order chi connectivity index (χ0) is 10.8. The van der Waals surface area contributed by atoms with Crippen LogP contribution in [-0.2, 0) is 0 Å². The zero-order valence-corrected chi connectivity index (χ0v) is 9.17. The van der Waals surface area contributed by atoms with Crippen LogP contribution < -0.4 is 4.74 Å². The molecule has 0 unspecified atom stereocenters. The zero-order valence-electron chi connectivity index (χ0n) is 7.58. The Kier molecular flexibility index (Phi) is 2.86. The molecular formula is C11H7BrF2O. The van der Waals surface area contributed by atoms with E-state index in [0.29, 0.717) is 5.39 Å². The fraction of sp³-hybridized carbons (Fsp3) is 0.0909. The smallest absolute Gasteiger partial charge is 0.387 e. The maximum Gasteiger partial charge on any atom is 0.387 e. The van der Waals surface area contributed by atoms with E-state index in [9.17, 15) is 8.78 Å². The van der Waals surface area contributed by atoms with Crippen LogP contribution >= 0.6 is 15.9 Å². The van der Waals surface area contributed by atoms with Crippen LogP contribution in [0.5, 0.6) is 5.75 Å². The molecular weight excluding hydrogens is 266 g/mol. The van der Waals surface area contributed by atoms with Crippen molar-refractivity contribution in [1.29, 1.82) is 0 Å². The highest BCUT2D eigenvalue weighted by atomic mass is 79.9. The van der Waals surface area contributed by atoms with Gasteiger partial charge < -0.3 is 4.74 Å². The SMILES string of the molecule is FC(F)Oc1cccc2c(Br)cccc12. The molecule has 0 bridgehead atoms. The maximum atomic E-state index is 12.1. The summed E-state index contributed by atoms with van der Waals surface area (Å²) >= 11 is 3.35. The van der Waals surface area contributed by atoms with Gasteiger partial charge >= 0.3 is 6.61 Å². The van der Waals surface area contributed by atoms with Crippen LogP contribution in [0.3, 0.4) is 0 Å². The van der Waals surface area contributed by atoms with Gasteiger partial charge in [0.1, 0.15) is 5.75 Å². The number of benzene rings is 2. The molecule has 4 heteroatoms. The maximum absolute atomic E-state index is 12.1. The van der Waals surface area contributed by atoms with Crippen molar-refractivity contribution in [2.45, 2.75) is 6.61 Å². The molecule has 0 fully saturated rings. The lowest BCUT2D eigenvalue weighted by molar-refractivity contribution is -0.0487. The first-order chi connectivity index (χ1) is 7.18. The second-order valence-electron chi connectivity index (χ2n) is 2.97. The van der Waals surface area contributed by atoms with E-state index >= 15 is 0 Å². The molecule has 2 rings (SSSR count). The molecule has 0 heterocycles. The Morgan fingerprint density at radius 2 is 1.67 bits per heavy atom. The summed E-state index contributed by atoms with van der Waals surface area (Å²) in [6.07, 6.45) is 0. The fourth-order valence-corrected chi connectivity index (χ4v) is 1.94. The van der Waals surface area contributed by atoms with Crippen molar-refractivity contribution in [2.75, 3.05) is 0 Å². The van der Waals surface area contributed by atoms with Gasteiger partial charge in [-0.05, 0) is 17.5 Å². The number of halogens is 3. The van der Waals surface area contributed by atoms with Gasteiger partial charge in [-0.1, -0.05) is 40.2 Å². The van der Waals surface area contributed by atoms with Crippen LogP contribution in [-0.4, -0.2) is 6.61 Å². The minimum atomic E-state index is -2.80. The average Bonchev–Trinajstić information content (AvgIpc) is 2.19. The van der Waals surface area contributed by atoms with Gasteiger partial charge in [0.15, 0.2) is 0 Å². The van der Waals surface area contributed by atoms with Crippen LogP contribution in [0.15, 0.2) is 40.9 Å². The Hall–Kier alpha value is -1.16. The van der Waals surface area contributed by atoms with Crippen LogP contribution in [0, 0.1) is 0 Å². The van der Waals surface area contributed by atoms with Gasteiger partial charge in [-0.15, -0.1) is 0 Å². The molecule has 15 heavy (non-hydrogen) atoms.